The molecular formula is C15H23N5O3S. The van der Waals surface area contributed by atoms with Crippen LogP contribution in [-0.4, -0.2) is 84.5 Å². The molecule has 3 heterocycles. The summed E-state index contributed by atoms with van der Waals surface area (Å²) in [6, 6.07) is 1.52. The molecule has 0 aliphatic carbocycles. The average Bonchev–Trinajstić information content (AvgIpc) is 2.96. The third kappa shape index (κ3) is 3.61. The van der Waals surface area contributed by atoms with Crippen LogP contribution in [0.5, 0.6) is 0 Å². The predicted octanol–water partition coefficient (Wildman–Crippen LogP) is 0.228. The molecule has 3 rings (SSSR count). The number of carbonyl (C=O) groups is 1. The Morgan fingerprint density at radius 2 is 1.92 bits per heavy atom. The summed E-state index contributed by atoms with van der Waals surface area (Å²) < 4.78 is 23.4. The highest BCUT2D eigenvalue weighted by Crippen LogP contribution is 2.20. The molecule has 0 radical (unpaired) electrons. The van der Waals surface area contributed by atoms with E-state index in [-0.39, 0.29) is 23.6 Å². The molecule has 2 amide bonds. The Morgan fingerprint density at radius 3 is 2.46 bits per heavy atom. The van der Waals surface area contributed by atoms with E-state index in [1.54, 1.807) is 28.3 Å². The number of carbonyl (C=O) groups excluding carboxylic acids is 1. The molecule has 0 spiro atoms. The first-order valence-corrected chi connectivity index (χ1v) is 10.1. The maximum atomic E-state index is 12.8. The van der Waals surface area contributed by atoms with Gasteiger partial charge in [-0.1, -0.05) is 0 Å². The molecule has 1 aromatic rings. The number of urea groups is 1. The van der Waals surface area contributed by atoms with Gasteiger partial charge < -0.3 is 14.7 Å². The van der Waals surface area contributed by atoms with Crippen LogP contribution in [0.15, 0.2) is 18.5 Å². The minimum atomic E-state index is -3.00. The fourth-order valence-electron chi connectivity index (χ4n) is 3.30. The van der Waals surface area contributed by atoms with Crippen molar-refractivity contribution in [3.05, 3.63) is 18.5 Å². The van der Waals surface area contributed by atoms with Crippen LogP contribution in [0.25, 0.3) is 0 Å². The lowest BCUT2D eigenvalue weighted by Crippen LogP contribution is -2.55. The number of rotatable bonds is 3. The monoisotopic (exact) mass is 353 g/mol. The summed E-state index contributed by atoms with van der Waals surface area (Å²) in [5.41, 5.74) is 0. The van der Waals surface area contributed by atoms with Crippen molar-refractivity contribution in [1.29, 1.82) is 0 Å². The van der Waals surface area contributed by atoms with Crippen molar-refractivity contribution in [2.24, 2.45) is 0 Å². The van der Waals surface area contributed by atoms with E-state index >= 15 is 0 Å². The first kappa shape index (κ1) is 16.9. The molecule has 1 atom stereocenters. The Hall–Kier alpha value is -1.90. The predicted molar refractivity (Wildman–Crippen MR) is 90.7 cm³/mol. The van der Waals surface area contributed by atoms with E-state index in [0.717, 1.165) is 0 Å². The fourth-order valence-corrected chi connectivity index (χ4v) is 5.04. The molecule has 0 aromatic carbocycles. The van der Waals surface area contributed by atoms with E-state index in [0.29, 0.717) is 45.1 Å². The van der Waals surface area contributed by atoms with Gasteiger partial charge in [-0.25, -0.2) is 23.2 Å². The smallest absolute Gasteiger partial charge is 0.320 e. The van der Waals surface area contributed by atoms with Gasteiger partial charge in [0, 0.05) is 51.2 Å². The zero-order chi connectivity index (χ0) is 17.2. The van der Waals surface area contributed by atoms with Gasteiger partial charge in [-0.2, -0.15) is 0 Å². The van der Waals surface area contributed by atoms with Crippen LogP contribution in [0.2, 0.25) is 0 Å². The average molecular weight is 353 g/mol. The van der Waals surface area contributed by atoms with Gasteiger partial charge in [0.15, 0.2) is 9.84 Å². The second kappa shape index (κ2) is 6.92. The minimum Gasteiger partial charge on any atom is -0.337 e. The third-order valence-corrected chi connectivity index (χ3v) is 6.37. The second-order valence-corrected chi connectivity index (χ2v) is 8.38. The molecule has 0 N–H and O–H groups in total. The highest BCUT2D eigenvalue weighted by atomic mass is 32.2. The van der Waals surface area contributed by atoms with Crippen molar-refractivity contribution < 1.29 is 13.2 Å². The van der Waals surface area contributed by atoms with E-state index < -0.39 is 9.84 Å². The summed E-state index contributed by atoms with van der Waals surface area (Å²) in [4.78, 5) is 26.8. The number of aromatic nitrogens is 2. The quantitative estimate of drug-likeness (QED) is 0.773. The van der Waals surface area contributed by atoms with Gasteiger partial charge in [-0.3, -0.25) is 0 Å². The number of nitrogens with zero attached hydrogens (tertiary/aromatic N) is 5. The van der Waals surface area contributed by atoms with Crippen molar-refractivity contribution in [2.45, 2.75) is 19.4 Å². The largest absolute Gasteiger partial charge is 0.337 e. The summed E-state index contributed by atoms with van der Waals surface area (Å²) in [6.07, 6.45) is 3.96. The first-order valence-electron chi connectivity index (χ1n) is 8.28. The number of hydrogen-bond acceptors (Lipinski definition) is 6. The number of piperazine rings is 1. The van der Waals surface area contributed by atoms with Crippen LogP contribution in [-0.2, 0) is 9.84 Å². The molecule has 2 fully saturated rings. The van der Waals surface area contributed by atoms with E-state index in [9.17, 15) is 13.2 Å². The molecule has 2 aliphatic heterocycles. The Bertz CT molecular complexity index is 674. The highest BCUT2D eigenvalue weighted by molar-refractivity contribution is 7.91. The van der Waals surface area contributed by atoms with E-state index in [1.165, 1.54) is 0 Å². The van der Waals surface area contributed by atoms with Crippen molar-refractivity contribution in [3.8, 4) is 0 Å². The summed E-state index contributed by atoms with van der Waals surface area (Å²) in [6.45, 7) is 4.96. The maximum absolute atomic E-state index is 12.8. The summed E-state index contributed by atoms with van der Waals surface area (Å²) in [5, 5.41) is 0. The zero-order valence-corrected chi connectivity index (χ0v) is 14.7. The van der Waals surface area contributed by atoms with E-state index in [2.05, 4.69) is 14.9 Å². The number of hydrogen-bond donors (Lipinski definition) is 0. The van der Waals surface area contributed by atoms with Crippen LogP contribution in [0.3, 0.4) is 0 Å². The van der Waals surface area contributed by atoms with Gasteiger partial charge in [-0.05, 0) is 19.4 Å². The van der Waals surface area contributed by atoms with Gasteiger partial charge in [0.1, 0.15) is 0 Å². The molecule has 9 heteroatoms. The maximum Gasteiger partial charge on any atom is 0.320 e. The van der Waals surface area contributed by atoms with Gasteiger partial charge in [0.05, 0.1) is 11.5 Å². The van der Waals surface area contributed by atoms with Crippen LogP contribution < -0.4 is 4.90 Å². The Kier molecular flexibility index (Phi) is 4.88. The SMILES string of the molecule is CCN(C(=O)N1CCN(c2ncccn2)CC1)C1CCS(=O)(=O)C1. The molecule has 1 unspecified atom stereocenters. The fraction of sp³-hybridized carbons (Fsp3) is 0.667. The topological polar surface area (TPSA) is 86.7 Å². The molecular weight excluding hydrogens is 330 g/mol. The van der Waals surface area contributed by atoms with Crippen LogP contribution >= 0.6 is 0 Å². The normalized spacial score (nSPS) is 23.3. The molecule has 0 saturated carbocycles. The Balaban J connectivity index is 1.60. The lowest BCUT2D eigenvalue weighted by Gasteiger charge is -2.38. The molecule has 0 bridgehead atoms. The highest BCUT2D eigenvalue weighted by Gasteiger charge is 2.36. The molecule has 8 nitrogen and oxygen atoms in total. The van der Waals surface area contributed by atoms with Crippen LogP contribution in [0, 0.1) is 0 Å². The molecule has 1 aromatic heterocycles. The molecule has 24 heavy (non-hydrogen) atoms. The lowest BCUT2D eigenvalue weighted by atomic mass is 10.2. The molecule has 132 valence electrons. The van der Waals surface area contributed by atoms with Crippen molar-refractivity contribution in [1.82, 2.24) is 19.8 Å². The van der Waals surface area contributed by atoms with Crippen LogP contribution in [0.4, 0.5) is 10.7 Å². The number of anilines is 1. The lowest BCUT2D eigenvalue weighted by molar-refractivity contribution is 0.138. The Morgan fingerprint density at radius 1 is 1.25 bits per heavy atom. The number of amides is 2. The third-order valence-electron chi connectivity index (χ3n) is 4.62. The second-order valence-electron chi connectivity index (χ2n) is 6.15. The van der Waals surface area contributed by atoms with Gasteiger partial charge in [0.2, 0.25) is 5.95 Å². The molecule has 2 saturated heterocycles. The van der Waals surface area contributed by atoms with Gasteiger partial charge >= 0.3 is 6.03 Å². The zero-order valence-electron chi connectivity index (χ0n) is 13.8. The number of sulfone groups is 1. The summed E-state index contributed by atoms with van der Waals surface area (Å²) in [7, 11) is -3.00. The van der Waals surface area contributed by atoms with Gasteiger partial charge in [-0.15, -0.1) is 0 Å². The van der Waals surface area contributed by atoms with Crippen molar-refractivity contribution in [2.75, 3.05) is 49.1 Å². The van der Waals surface area contributed by atoms with E-state index in [1.807, 2.05) is 6.92 Å². The Labute approximate surface area is 142 Å². The van der Waals surface area contributed by atoms with Gasteiger partial charge in [0.25, 0.3) is 0 Å². The molecule has 2 aliphatic rings. The summed E-state index contributed by atoms with van der Waals surface area (Å²) >= 11 is 0. The van der Waals surface area contributed by atoms with E-state index in [4.69, 9.17) is 0 Å². The standard InChI is InChI=1S/C15H23N5O3S/c1-2-20(13-4-11-24(22,23)12-13)15(21)19-9-7-18(8-10-19)14-16-5-3-6-17-14/h3,5-6,13H,2,4,7-12H2,1H3. The van der Waals surface area contributed by atoms with Crippen molar-refractivity contribution >= 4 is 21.8 Å². The van der Waals surface area contributed by atoms with Crippen molar-refractivity contribution in [3.63, 3.8) is 0 Å². The first-order chi connectivity index (χ1) is 11.5. The summed E-state index contributed by atoms with van der Waals surface area (Å²) in [5.74, 6) is 0.948. The van der Waals surface area contributed by atoms with Crippen LogP contribution in [0.1, 0.15) is 13.3 Å². The minimum absolute atomic E-state index is 0.0618.